The molecule has 118 valence electrons. The van der Waals surface area contributed by atoms with E-state index in [0.717, 1.165) is 5.56 Å². The highest BCUT2D eigenvalue weighted by atomic mass is 19.1. The number of hydrogen-bond acceptors (Lipinski definition) is 3. The average molecular weight is 313 g/mol. The third-order valence-electron chi connectivity index (χ3n) is 4.09. The largest absolute Gasteiger partial charge is 0.508 e. The van der Waals surface area contributed by atoms with E-state index in [4.69, 9.17) is 0 Å². The third-order valence-corrected chi connectivity index (χ3v) is 4.09. The van der Waals surface area contributed by atoms with E-state index in [9.17, 15) is 19.1 Å². The summed E-state index contributed by atoms with van der Waals surface area (Å²) in [7, 11) is 0. The molecule has 3 rings (SSSR count). The van der Waals surface area contributed by atoms with Gasteiger partial charge in [0.1, 0.15) is 11.6 Å². The van der Waals surface area contributed by atoms with Gasteiger partial charge in [-0.2, -0.15) is 0 Å². The van der Waals surface area contributed by atoms with Crippen molar-refractivity contribution in [2.75, 3.05) is 6.54 Å². The van der Waals surface area contributed by atoms with Crippen LogP contribution in [0, 0.1) is 5.82 Å². The van der Waals surface area contributed by atoms with Crippen LogP contribution in [0.3, 0.4) is 0 Å². The van der Waals surface area contributed by atoms with Crippen LogP contribution in [0.25, 0.3) is 0 Å². The van der Waals surface area contributed by atoms with Crippen LogP contribution < -0.4 is 0 Å². The molecule has 4 nitrogen and oxygen atoms in total. The minimum Gasteiger partial charge on any atom is -0.508 e. The molecule has 5 heteroatoms. The number of nitrogens with zero attached hydrogens (tertiary/aromatic N) is 1. The van der Waals surface area contributed by atoms with Crippen LogP contribution in [0.5, 0.6) is 5.75 Å². The topological polar surface area (TPSA) is 57.6 Å². The monoisotopic (exact) mass is 313 g/mol. The fraction of sp³-hybridized carbons (Fsp3) is 0.222. The zero-order chi connectivity index (χ0) is 16.4. The van der Waals surface area contributed by atoms with E-state index in [2.05, 4.69) is 0 Å². The Morgan fingerprint density at radius 3 is 2.39 bits per heavy atom. The second-order valence-electron chi connectivity index (χ2n) is 5.58. The third kappa shape index (κ3) is 3.23. The van der Waals surface area contributed by atoms with Crippen LogP contribution in [-0.2, 0) is 4.79 Å². The molecule has 0 aromatic heterocycles. The van der Waals surface area contributed by atoms with E-state index in [0.29, 0.717) is 18.5 Å². The first-order chi connectivity index (χ1) is 11.0. The van der Waals surface area contributed by atoms with Crippen molar-refractivity contribution in [3.8, 4) is 5.75 Å². The molecule has 0 aliphatic carbocycles. The van der Waals surface area contributed by atoms with Crippen molar-refractivity contribution in [3.63, 3.8) is 0 Å². The molecule has 1 heterocycles. The number of aromatic hydroxyl groups is 1. The van der Waals surface area contributed by atoms with Gasteiger partial charge in [0.05, 0.1) is 12.5 Å². The standard InChI is InChI=1S/C18H16FNO3/c19-14-5-1-13(2-6-14)17(22)9-10-20-16(11-18(20)23)12-3-7-15(21)8-4-12/h1-8,16,21H,9-11H2. The van der Waals surface area contributed by atoms with Crippen LogP contribution in [0.15, 0.2) is 48.5 Å². The van der Waals surface area contributed by atoms with Crippen LogP contribution in [0.4, 0.5) is 4.39 Å². The summed E-state index contributed by atoms with van der Waals surface area (Å²) in [6, 6.07) is 12.1. The van der Waals surface area contributed by atoms with Crippen molar-refractivity contribution >= 4 is 11.7 Å². The molecule has 1 saturated heterocycles. The predicted molar refractivity (Wildman–Crippen MR) is 82.5 cm³/mol. The molecule has 0 bridgehead atoms. The summed E-state index contributed by atoms with van der Waals surface area (Å²) in [5.74, 6) is -0.312. The molecule has 1 fully saturated rings. The number of halogens is 1. The lowest BCUT2D eigenvalue weighted by atomic mass is 9.93. The highest BCUT2D eigenvalue weighted by Crippen LogP contribution is 2.35. The van der Waals surface area contributed by atoms with Gasteiger partial charge in [0.25, 0.3) is 0 Å². The highest BCUT2D eigenvalue weighted by molar-refractivity contribution is 5.96. The average Bonchev–Trinajstić information content (AvgIpc) is 2.54. The molecule has 2 aromatic carbocycles. The molecule has 1 N–H and O–H groups in total. The van der Waals surface area contributed by atoms with Gasteiger partial charge in [-0.05, 0) is 42.0 Å². The molecule has 1 atom stereocenters. The SMILES string of the molecule is O=C(CCN1C(=O)CC1c1ccc(O)cc1)c1ccc(F)cc1. The van der Waals surface area contributed by atoms with Crippen LogP contribution in [0.2, 0.25) is 0 Å². The van der Waals surface area contributed by atoms with E-state index in [1.54, 1.807) is 29.2 Å². The Hall–Kier alpha value is -2.69. The number of carbonyl (C=O) groups excluding carboxylic acids is 2. The van der Waals surface area contributed by atoms with Crippen molar-refractivity contribution in [2.24, 2.45) is 0 Å². The van der Waals surface area contributed by atoms with Gasteiger partial charge in [-0.15, -0.1) is 0 Å². The Morgan fingerprint density at radius 2 is 1.78 bits per heavy atom. The zero-order valence-electron chi connectivity index (χ0n) is 12.4. The van der Waals surface area contributed by atoms with Gasteiger partial charge in [0.15, 0.2) is 5.78 Å². The van der Waals surface area contributed by atoms with Gasteiger partial charge in [-0.3, -0.25) is 9.59 Å². The zero-order valence-corrected chi connectivity index (χ0v) is 12.4. The number of rotatable bonds is 5. The maximum atomic E-state index is 12.9. The first-order valence-electron chi connectivity index (χ1n) is 7.42. The summed E-state index contributed by atoms with van der Waals surface area (Å²) >= 11 is 0. The molecule has 23 heavy (non-hydrogen) atoms. The molecular weight excluding hydrogens is 297 g/mol. The Kier molecular flexibility index (Phi) is 4.10. The van der Waals surface area contributed by atoms with Crippen molar-refractivity contribution in [1.82, 2.24) is 4.90 Å². The van der Waals surface area contributed by atoms with Gasteiger partial charge in [-0.25, -0.2) is 4.39 Å². The number of carbonyl (C=O) groups is 2. The van der Waals surface area contributed by atoms with E-state index >= 15 is 0 Å². The molecule has 0 saturated carbocycles. The molecule has 0 radical (unpaired) electrons. The van der Waals surface area contributed by atoms with E-state index in [1.807, 2.05) is 0 Å². The number of hydrogen-bond donors (Lipinski definition) is 1. The van der Waals surface area contributed by atoms with Crippen LogP contribution in [0.1, 0.15) is 34.8 Å². The summed E-state index contributed by atoms with van der Waals surface area (Å²) in [5.41, 5.74) is 1.39. The maximum Gasteiger partial charge on any atom is 0.225 e. The first kappa shape index (κ1) is 15.2. The quantitative estimate of drug-likeness (QED) is 0.682. The Bertz CT molecular complexity index is 725. The predicted octanol–water partition coefficient (Wildman–Crippen LogP) is 3.08. The van der Waals surface area contributed by atoms with E-state index in [1.165, 1.54) is 24.3 Å². The molecule has 2 aromatic rings. The van der Waals surface area contributed by atoms with Gasteiger partial charge < -0.3 is 10.0 Å². The van der Waals surface area contributed by atoms with E-state index in [-0.39, 0.29) is 35.7 Å². The van der Waals surface area contributed by atoms with Gasteiger partial charge in [0, 0.05) is 18.5 Å². The van der Waals surface area contributed by atoms with Gasteiger partial charge >= 0.3 is 0 Å². The minimum atomic E-state index is -0.383. The summed E-state index contributed by atoms with van der Waals surface area (Å²) in [5, 5.41) is 9.32. The number of phenolic OH excluding ortho intramolecular Hbond substituents is 1. The van der Waals surface area contributed by atoms with Crippen molar-refractivity contribution in [2.45, 2.75) is 18.9 Å². The number of Topliss-reactive ketones (excluding diaryl/α,β-unsaturated/α-hetero) is 1. The Labute approximate surface area is 133 Å². The highest BCUT2D eigenvalue weighted by Gasteiger charge is 2.36. The molecular formula is C18H16FNO3. The normalized spacial score (nSPS) is 17.0. The second-order valence-corrected chi connectivity index (χ2v) is 5.58. The number of ketones is 1. The van der Waals surface area contributed by atoms with E-state index < -0.39 is 0 Å². The Morgan fingerprint density at radius 1 is 1.13 bits per heavy atom. The van der Waals surface area contributed by atoms with Gasteiger partial charge in [0.2, 0.25) is 5.91 Å². The number of amides is 1. The lowest BCUT2D eigenvalue weighted by Crippen LogP contribution is -2.47. The summed E-state index contributed by atoms with van der Waals surface area (Å²) < 4.78 is 12.9. The minimum absolute atomic E-state index is 0.00924. The van der Waals surface area contributed by atoms with Crippen molar-refractivity contribution in [1.29, 1.82) is 0 Å². The number of phenols is 1. The molecule has 1 amide bonds. The smallest absolute Gasteiger partial charge is 0.225 e. The molecule has 0 spiro atoms. The lowest BCUT2D eigenvalue weighted by molar-refractivity contribution is -0.146. The molecule has 1 aliphatic rings. The fourth-order valence-corrected chi connectivity index (χ4v) is 2.73. The summed E-state index contributed by atoms with van der Waals surface area (Å²) in [6.07, 6.45) is 0.613. The Balaban J connectivity index is 1.62. The molecule has 1 unspecified atom stereocenters. The number of β-lactam (4-membered cyclic amide) rings is 1. The van der Waals surface area contributed by atoms with Crippen molar-refractivity contribution in [3.05, 3.63) is 65.5 Å². The summed E-state index contributed by atoms with van der Waals surface area (Å²) in [6.45, 7) is 0.334. The maximum absolute atomic E-state index is 12.9. The van der Waals surface area contributed by atoms with Crippen LogP contribution >= 0.6 is 0 Å². The lowest BCUT2D eigenvalue weighted by Gasteiger charge is -2.40. The van der Waals surface area contributed by atoms with Gasteiger partial charge in [-0.1, -0.05) is 12.1 Å². The number of likely N-dealkylation sites (tertiary alicyclic amines) is 1. The second kappa shape index (κ2) is 6.20. The number of benzene rings is 2. The molecule has 1 aliphatic heterocycles. The first-order valence-corrected chi connectivity index (χ1v) is 7.42. The fourth-order valence-electron chi connectivity index (χ4n) is 2.73. The van der Waals surface area contributed by atoms with Crippen molar-refractivity contribution < 1.29 is 19.1 Å². The van der Waals surface area contributed by atoms with Crippen LogP contribution in [-0.4, -0.2) is 28.2 Å². The summed E-state index contributed by atoms with van der Waals surface area (Å²) in [4.78, 5) is 25.6.